The lowest BCUT2D eigenvalue weighted by Gasteiger charge is -2.06. The maximum atomic E-state index is 12.4. The molecule has 0 saturated heterocycles. The Balaban J connectivity index is 1.86. The minimum atomic E-state index is -4.42. The molecule has 0 aliphatic rings. The van der Waals surface area contributed by atoms with Crippen molar-refractivity contribution in [2.75, 3.05) is 11.1 Å². The summed E-state index contributed by atoms with van der Waals surface area (Å²) in [5, 5.41) is 6.42. The van der Waals surface area contributed by atoms with E-state index >= 15 is 0 Å². The number of carbonyl (C=O) groups is 1. The number of anilines is 1. The highest BCUT2D eigenvalue weighted by Crippen LogP contribution is 2.29. The molecule has 1 amide bonds. The number of hydrogen-bond acceptors (Lipinski definition) is 5. The summed E-state index contributed by atoms with van der Waals surface area (Å²) < 4.78 is 41.8. The zero-order chi connectivity index (χ0) is 15.5. The van der Waals surface area contributed by atoms with Crippen LogP contribution in [0.25, 0.3) is 0 Å². The summed E-state index contributed by atoms with van der Waals surface area (Å²) in [6.45, 7) is 1.68. The lowest BCUT2D eigenvalue weighted by Crippen LogP contribution is -2.14. The van der Waals surface area contributed by atoms with Crippen molar-refractivity contribution >= 4 is 23.5 Å². The van der Waals surface area contributed by atoms with Crippen molar-refractivity contribution in [1.82, 2.24) is 10.1 Å². The molecule has 1 N–H and O–H groups in total. The Labute approximate surface area is 121 Å². The maximum Gasteiger partial charge on any atom is 0.417 e. The van der Waals surface area contributed by atoms with Crippen LogP contribution in [0.2, 0.25) is 0 Å². The summed E-state index contributed by atoms with van der Waals surface area (Å²) in [5.41, 5.74) is -0.825. The zero-order valence-electron chi connectivity index (χ0n) is 10.8. The van der Waals surface area contributed by atoms with E-state index in [1.54, 1.807) is 13.0 Å². The normalized spacial score (nSPS) is 11.4. The summed E-state index contributed by atoms with van der Waals surface area (Å²) in [4.78, 5) is 15.3. The largest absolute Gasteiger partial charge is 0.417 e. The van der Waals surface area contributed by atoms with Gasteiger partial charge in [-0.1, -0.05) is 16.9 Å². The van der Waals surface area contributed by atoms with E-state index in [2.05, 4.69) is 15.5 Å². The van der Waals surface area contributed by atoms with Crippen LogP contribution in [0.3, 0.4) is 0 Å². The molecule has 5 nitrogen and oxygen atoms in total. The van der Waals surface area contributed by atoms with Gasteiger partial charge in [-0.3, -0.25) is 4.79 Å². The first kappa shape index (κ1) is 15.4. The van der Waals surface area contributed by atoms with Gasteiger partial charge in [-0.25, -0.2) is 4.98 Å². The van der Waals surface area contributed by atoms with Gasteiger partial charge in [0, 0.05) is 12.3 Å². The van der Waals surface area contributed by atoms with Crippen LogP contribution in [0.1, 0.15) is 11.3 Å². The fraction of sp³-hybridized carbons (Fsp3) is 0.250. The summed E-state index contributed by atoms with van der Waals surface area (Å²) in [6.07, 6.45) is -3.68. The third-order valence-electron chi connectivity index (χ3n) is 2.31. The van der Waals surface area contributed by atoms with Gasteiger partial charge in [-0.15, -0.1) is 0 Å². The predicted molar refractivity (Wildman–Crippen MR) is 69.8 cm³/mol. The first-order chi connectivity index (χ1) is 9.84. The van der Waals surface area contributed by atoms with E-state index in [-0.39, 0.29) is 11.7 Å². The van der Waals surface area contributed by atoms with E-state index in [1.807, 2.05) is 0 Å². The smallest absolute Gasteiger partial charge is 0.360 e. The zero-order valence-corrected chi connectivity index (χ0v) is 11.6. The minimum Gasteiger partial charge on any atom is -0.360 e. The SMILES string of the molecule is Cc1cc(NC(=O)CSc2ccc(C(F)(F)F)cn2)no1. The lowest BCUT2D eigenvalue weighted by atomic mass is 10.3. The van der Waals surface area contributed by atoms with Crippen LogP contribution in [-0.2, 0) is 11.0 Å². The number of rotatable bonds is 4. The Morgan fingerprint density at radius 3 is 2.71 bits per heavy atom. The first-order valence-electron chi connectivity index (χ1n) is 5.74. The first-order valence-corrected chi connectivity index (χ1v) is 6.72. The van der Waals surface area contributed by atoms with E-state index in [4.69, 9.17) is 4.52 Å². The fourth-order valence-electron chi connectivity index (χ4n) is 1.38. The van der Waals surface area contributed by atoms with Gasteiger partial charge in [0.25, 0.3) is 0 Å². The standard InChI is InChI=1S/C12H10F3N3O2S/c1-7-4-9(18-20-7)17-10(19)6-21-11-3-2-8(5-16-11)12(13,14)15/h2-5H,6H2,1H3,(H,17,18,19). The van der Waals surface area contributed by atoms with E-state index in [0.29, 0.717) is 16.6 Å². The Bertz CT molecular complexity index is 625. The van der Waals surface area contributed by atoms with Gasteiger partial charge >= 0.3 is 6.18 Å². The number of thioether (sulfide) groups is 1. The third kappa shape index (κ3) is 4.48. The van der Waals surface area contributed by atoms with Crippen molar-refractivity contribution in [3.05, 3.63) is 35.7 Å². The molecular formula is C12H10F3N3O2S. The molecule has 0 spiro atoms. The molecule has 0 atom stereocenters. The van der Waals surface area contributed by atoms with Gasteiger partial charge < -0.3 is 9.84 Å². The van der Waals surface area contributed by atoms with E-state index in [9.17, 15) is 18.0 Å². The fourth-order valence-corrected chi connectivity index (χ4v) is 2.02. The molecule has 0 fully saturated rings. The van der Waals surface area contributed by atoms with Crippen LogP contribution in [0.4, 0.5) is 19.0 Å². The average Bonchev–Trinajstić information content (AvgIpc) is 2.81. The summed E-state index contributed by atoms with van der Waals surface area (Å²) in [7, 11) is 0. The van der Waals surface area contributed by atoms with Gasteiger partial charge in [0.15, 0.2) is 5.82 Å². The van der Waals surface area contributed by atoms with Crippen molar-refractivity contribution in [3.8, 4) is 0 Å². The topological polar surface area (TPSA) is 68.0 Å². The lowest BCUT2D eigenvalue weighted by molar-refractivity contribution is -0.137. The number of amides is 1. The molecule has 2 rings (SSSR count). The number of aromatic nitrogens is 2. The molecule has 0 saturated carbocycles. The molecular weight excluding hydrogens is 307 g/mol. The molecule has 2 aromatic rings. The quantitative estimate of drug-likeness (QED) is 0.878. The van der Waals surface area contributed by atoms with Crippen LogP contribution < -0.4 is 5.32 Å². The van der Waals surface area contributed by atoms with Crippen molar-refractivity contribution < 1.29 is 22.5 Å². The average molecular weight is 317 g/mol. The monoisotopic (exact) mass is 317 g/mol. The molecule has 9 heteroatoms. The van der Waals surface area contributed by atoms with Gasteiger partial charge in [-0.2, -0.15) is 13.2 Å². The Morgan fingerprint density at radius 2 is 2.19 bits per heavy atom. The van der Waals surface area contributed by atoms with Gasteiger partial charge in [-0.05, 0) is 19.1 Å². The second kappa shape index (κ2) is 6.17. The third-order valence-corrected chi connectivity index (χ3v) is 3.25. The van der Waals surface area contributed by atoms with Crippen LogP contribution in [0.15, 0.2) is 33.9 Å². The summed E-state index contributed by atoms with van der Waals surface area (Å²) in [5.74, 6) is 0.500. The van der Waals surface area contributed by atoms with Crippen molar-refractivity contribution in [1.29, 1.82) is 0 Å². The molecule has 21 heavy (non-hydrogen) atoms. The van der Waals surface area contributed by atoms with Crippen molar-refractivity contribution in [3.63, 3.8) is 0 Å². The Morgan fingerprint density at radius 1 is 1.43 bits per heavy atom. The van der Waals surface area contributed by atoms with Crippen LogP contribution in [0, 0.1) is 6.92 Å². The van der Waals surface area contributed by atoms with Crippen LogP contribution in [0.5, 0.6) is 0 Å². The van der Waals surface area contributed by atoms with Crippen molar-refractivity contribution in [2.45, 2.75) is 18.1 Å². The van der Waals surface area contributed by atoms with Crippen molar-refractivity contribution in [2.24, 2.45) is 0 Å². The van der Waals surface area contributed by atoms with Gasteiger partial charge in [0.2, 0.25) is 5.91 Å². The molecule has 2 heterocycles. The highest BCUT2D eigenvalue weighted by Gasteiger charge is 2.30. The number of nitrogens with one attached hydrogen (secondary N) is 1. The van der Waals surface area contributed by atoms with Gasteiger partial charge in [0.05, 0.1) is 16.3 Å². The number of hydrogen-bond donors (Lipinski definition) is 1. The van der Waals surface area contributed by atoms with Crippen LogP contribution in [-0.4, -0.2) is 21.8 Å². The van der Waals surface area contributed by atoms with E-state index in [0.717, 1.165) is 24.0 Å². The van der Waals surface area contributed by atoms with E-state index in [1.165, 1.54) is 6.07 Å². The Kier molecular flexibility index (Phi) is 4.51. The molecule has 2 aromatic heterocycles. The number of nitrogens with zero attached hydrogens (tertiary/aromatic N) is 2. The highest BCUT2D eigenvalue weighted by atomic mass is 32.2. The molecule has 112 valence electrons. The second-order valence-electron chi connectivity index (χ2n) is 4.04. The summed E-state index contributed by atoms with van der Waals surface area (Å²) in [6, 6.07) is 3.70. The van der Waals surface area contributed by atoms with E-state index < -0.39 is 11.7 Å². The number of carbonyl (C=O) groups excluding carboxylic acids is 1. The van der Waals surface area contributed by atoms with Gasteiger partial charge in [0.1, 0.15) is 5.76 Å². The van der Waals surface area contributed by atoms with Crippen LogP contribution >= 0.6 is 11.8 Å². The highest BCUT2D eigenvalue weighted by molar-refractivity contribution is 7.99. The number of halogens is 3. The maximum absolute atomic E-state index is 12.4. The number of aryl methyl sites for hydroxylation is 1. The Hall–Kier alpha value is -2.03. The summed E-state index contributed by atoms with van der Waals surface area (Å²) >= 11 is 1.03. The molecule has 0 aliphatic heterocycles. The molecule has 0 bridgehead atoms. The molecule has 0 aliphatic carbocycles. The number of alkyl halides is 3. The molecule has 0 unspecified atom stereocenters. The predicted octanol–water partition coefficient (Wildman–Crippen LogP) is 3.13. The number of pyridine rings is 1. The second-order valence-corrected chi connectivity index (χ2v) is 5.04. The minimum absolute atomic E-state index is 0.00424. The molecule has 0 aromatic carbocycles. The molecule has 0 radical (unpaired) electrons.